The number of aromatic nitrogens is 2. The van der Waals surface area contributed by atoms with Crippen LogP contribution in [0, 0.1) is 0 Å². The first-order valence-corrected chi connectivity index (χ1v) is 8.78. The van der Waals surface area contributed by atoms with Gasteiger partial charge in [-0.1, -0.05) is 11.2 Å². The summed E-state index contributed by atoms with van der Waals surface area (Å²) in [6.45, 7) is 0.669. The van der Waals surface area contributed by atoms with Gasteiger partial charge in [0.25, 0.3) is 0 Å². The average Bonchev–Trinajstić information content (AvgIpc) is 3.16. The van der Waals surface area contributed by atoms with Crippen LogP contribution >= 0.6 is 0 Å². The Hall–Kier alpha value is -2.61. The second-order valence-electron chi connectivity index (χ2n) is 6.84. The lowest BCUT2D eigenvalue weighted by Gasteiger charge is -2.24. The molecule has 2 aromatic rings. The monoisotopic (exact) mass is 358 g/mol. The zero-order valence-electron chi connectivity index (χ0n) is 14.9. The maximum absolute atomic E-state index is 12.7. The Morgan fingerprint density at radius 1 is 1.31 bits per heavy atom. The Labute approximate surface area is 151 Å². The molecule has 0 radical (unpaired) electrons. The molecule has 1 aromatic carbocycles. The number of hydrogen-bond acceptors (Lipinski definition) is 7. The number of ether oxygens (including phenoxy) is 2. The number of benzene rings is 1. The van der Waals surface area contributed by atoms with E-state index in [0.717, 1.165) is 24.3 Å². The van der Waals surface area contributed by atoms with Crippen LogP contribution in [-0.4, -0.2) is 48.4 Å². The van der Waals surface area contributed by atoms with Crippen LogP contribution in [0.1, 0.15) is 42.1 Å². The minimum Gasteiger partial charge on any atom is -0.454 e. The molecule has 0 saturated heterocycles. The van der Waals surface area contributed by atoms with Crippen LogP contribution < -0.4 is 14.8 Å². The lowest BCUT2D eigenvalue weighted by molar-refractivity contribution is -0.125. The zero-order chi connectivity index (χ0) is 18.1. The number of nitrogens with zero attached hydrogens (tertiary/aromatic N) is 3. The van der Waals surface area contributed by atoms with Crippen LogP contribution in [0.5, 0.6) is 11.5 Å². The van der Waals surface area contributed by atoms with Crippen LogP contribution in [0.4, 0.5) is 0 Å². The van der Waals surface area contributed by atoms with E-state index in [1.807, 2.05) is 37.2 Å². The van der Waals surface area contributed by atoms with E-state index in [9.17, 15) is 4.79 Å². The first kappa shape index (κ1) is 16.8. The van der Waals surface area contributed by atoms with Crippen LogP contribution in [0.3, 0.4) is 0 Å². The van der Waals surface area contributed by atoms with E-state index in [1.165, 1.54) is 0 Å². The van der Waals surface area contributed by atoms with Gasteiger partial charge in [-0.2, -0.15) is 4.98 Å². The van der Waals surface area contributed by atoms with Gasteiger partial charge in [-0.25, -0.2) is 0 Å². The largest absolute Gasteiger partial charge is 0.454 e. The normalized spacial score (nSPS) is 16.7. The first-order valence-electron chi connectivity index (χ1n) is 8.78. The minimum atomic E-state index is -0.420. The molecule has 26 heavy (non-hydrogen) atoms. The van der Waals surface area contributed by atoms with E-state index < -0.39 is 6.04 Å². The van der Waals surface area contributed by atoms with Crippen molar-refractivity contribution in [1.29, 1.82) is 0 Å². The molecule has 1 atom stereocenters. The molecular weight excluding hydrogens is 336 g/mol. The molecule has 1 saturated carbocycles. The quantitative estimate of drug-likeness (QED) is 0.805. The third-order valence-electron chi connectivity index (χ3n) is 4.54. The van der Waals surface area contributed by atoms with Crippen molar-refractivity contribution < 1.29 is 18.8 Å². The second kappa shape index (κ2) is 6.95. The summed E-state index contributed by atoms with van der Waals surface area (Å²) >= 11 is 0. The van der Waals surface area contributed by atoms with Crippen molar-refractivity contribution in [2.45, 2.75) is 31.2 Å². The summed E-state index contributed by atoms with van der Waals surface area (Å²) in [4.78, 5) is 19.0. The Bertz CT molecular complexity index is 800. The van der Waals surface area contributed by atoms with Gasteiger partial charge in [-0.05, 0) is 44.6 Å². The van der Waals surface area contributed by atoms with Gasteiger partial charge in [0.05, 0.1) is 0 Å². The third-order valence-corrected chi connectivity index (χ3v) is 4.54. The molecule has 0 unspecified atom stereocenters. The number of carbonyl (C=O) groups excluding carboxylic acids is 1. The molecule has 1 aromatic heterocycles. The van der Waals surface area contributed by atoms with Gasteiger partial charge >= 0.3 is 0 Å². The molecule has 8 heteroatoms. The van der Waals surface area contributed by atoms with Crippen LogP contribution in [0.2, 0.25) is 0 Å². The highest BCUT2D eigenvalue weighted by Crippen LogP contribution is 2.38. The molecule has 2 aliphatic rings. The smallest absolute Gasteiger partial charge is 0.241 e. The predicted octanol–water partition coefficient (Wildman–Crippen LogP) is 1.64. The topological polar surface area (TPSA) is 89.7 Å². The van der Waals surface area contributed by atoms with Crippen LogP contribution in [-0.2, 0) is 11.2 Å². The molecule has 1 aliphatic carbocycles. The molecule has 2 heterocycles. The number of fused-ring (bicyclic) bond motifs is 1. The van der Waals surface area contributed by atoms with Crippen LogP contribution in [0.15, 0.2) is 22.7 Å². The van der Waals surface area contributed by atoms with Gasteiger partial charge in [-0.15, -0.1) is 0 Å². The molecular formula is C18H22N4O4. The molecule has 0 spiro atoms. The summed E-state index contributed by atoms with van der Waals surface area (Å²) in [5.74, 6) is 3.08. The highest BCUT2D eigenvalue weighted by molar-refractivity contribution is 5.83. The van der Waals surface area contributed by atoms with Gasteiger partial charge in [0.1, 0.15) is 6.04 Å². The average molecular weight is 358 g/mol. The first-order chi connectivity index (χ1) is 12.6. The van der Waals surface area contributed by atoms with Crippen molar-refractivity contribution in [3.05, 3.63) is 35.5 Å². The van der Waals surface area contributed by atoms with E-state index in [4.69, 9.17) is 14.0 Å². The third kappa shape index (κ3) is 3.50. The Morgan fingerprint density at radius 2 is 2.12 bits per heavy atom. The lowest BCUT2D eigenvalue weighted by Crippen LogP contribution is -2.38. The van der Waals surface area contributed by atoms with E-state index >= 15 is 0 Å². The number of carbonyl (C=O) groups is 1. The Kier molecular flexibility index (Phi) is 4.50. The Morgan fingerprint density at radius 3 is 2.88 bits per heavy atom. The highest BCUT2D eigenvalue weighted by atomic mass is 16.7. The molecule has 1 fully saturated rings. The predicted molar refractivity (Wildman–Crippen MR) is 92.0 cm³/mol. The zero-order valence-corrected chi connectivity index (χ0v) is 14.9. The summed E-state index contributed by atoms with van der Waals surface area (Å²) in [6.07, 6.45) is 2.79. The minimum absolute atomic E-state index is 0.0835. The maximum Gasteiger partial charge on any atom is 0.241 e. The van der Waals surface area contributed by atoms with Crippen molar-refractivity contribution in [3.63, 3.8) is 0 Å². The van der Waals surface area contributed by atoms with Crippen molar-refractivity contribution in [1.82, 2.24) is 20.4 Å². The maximum atomic E-state index is 12.7. The fourth-order valence-electron chi connectivity index (χ4n) is 3.03. The highest BCUT2D eigenvalue weighted by Gasteiger charge is 2.29. The van der Waals surface area contributed by atoms with E-state index in [1.54, 1.807) is 0 Å². The number of amides is 1. The molecule has 1 aliphatic heterocycles. The summed E-state index contributed by atoms with van der Waals surface area (Å²) in [7, 11) is 3.74. The van der Waals surface area contributed by atoms with Crippen LogP contribution in [0.25, 0.3) is 0 Å². The second-order valence-corrected chi connectivity index (χ2v) is 6.84. The number of likely N-dealkylation sites (N-methyl/N-ethyl adjacent to an activating group) is 1. The molecule has 1 amide bonds. The molecule has 0 bridgehead atoms. The summed E-state index contributed by atoms with van der Waals surface area (Å²) in [5, 5.41) is 6.93. The number of rotatable bonds is 7. The van der Waals surface area contributed by atoms with Crippen molar-refractivity contribution in [2.75, 3.05) is 27.4 Å². The number of nitrogens with one attached hydrogen (secondary N) is 1. The summed E-state index contributed by atoms with van der Waals surface area (Å²) in [5.41, 5.74) is 0.854. The van der Waals surface area contributed by atoms with Gasteiger partial charge < -0.3 is 19.3 Å². The van der Waals surface area contributed by atoms with Crippen molar-refractivity contribution in [3.8, 4) is 11.5 Å². The van der Waals surface area contributed by atoms with E-state index in [2.05, 4.69) is 15.5 Å². The van der Waals surface area contributed by atoms with Gasteiger partial charge in [-0.3, -0.25) is 9.69 Å². The van der Waals surface area contributed by atoms with Crippen molar-refractivity contribution in [2.24, 2.45) is 0 Å². The SMILES string of the molecule is CN(C)[C@H](C(=O)NCCc1noc(C2CC2)n1)c1ccc2c(c1)OCO2. The fraction of sp³-hybridized carbons (Fsp3) is 0.500. The molecule has 1 N–H and O–H groups in total. The lowest BCUT2D eigenvalue weighted by atomic mass is 10.0. The van der Waals surface area contributed by atoms with Gasteiger partial charge in [0.2, 0.25) is 18.6 Å². The van der Waals surface area contributed by atoms with Crippen molar-refractivity contribution >= 4 is 5.91 Å². The van der Waals surface area contributed by atoms with E-state index in [-0.39, 0.29) is 12.7 Å². The summed E-state index contributed by atoms with van der Waals surface area (Å²) < 4.78 is 16.0. The standard InChI is InChI=1S/C18H22N4O4/c1-22(2)16(12-5-6-13-14(9-12)25-10-24-13)17(23)19-8-7-15-20-18(26-21-15)11-3-4-11/h5-6,9,11,16H,3-4,7-8,10H2,1-2H3,(H,19,23)/t16-/m0/s1. The van der Waals surface area contributed by atoms with Gasteiger partial charge in [0.15, 0.2) is 17.3 Å². The summed E-state index contributed by atoms with van der Waals surface area (Å²) in [6, 6.07) is 5.16. The molecule has 8 nitrogen and oxygen atoms in total. The molecule has 138 valence electrons. The Balaban J connectivity index is 1.37. The molecule has 4 rings (SSSR count). The van der Waals surface area contributed by atoms with E-state index in [0.29, 0.717) is 36.2 Å². The fourth-order valence-corrected chi connectivity index (χ4v) is 3.03. The van der Waals surface area contributed by atoms with Gasteiger partial charge in [0, 0.05) is 18.9 Å². The number of hydrogen-bond donors (Lipinski definition) is 1.